The van der Waals surface area contributed by atoms with Crippen LogP contribution in [0.25, 0.3) is 0 Å². The first kappa shape index (κ1) is 11.3. The molecule has 0 amide bonds. The van der Waals surface area contributed by atoms with E-state index in [1.165, 1.54) is 6.92 Å². The summed E-state index contributed by atoms with van der Waals surface area (Å²) in [6.45, 7) is 1.52. The van der Waals surface area contributed by atoms with Crippen LogP contribution in [0.1, 0.15) is 35.2 Å². The van der Waals surface area contributed by atoms with Gasteiger partial charge in [0.25, 0.3) is 0 Å². The van der Waals surface area contributed by atoms with Crippen molar-refractivity contribution in [2.45, 2.75) is 19.3 Å². The summed E-state index contributed by atoms with van der Waals surface area (Å²) in [5.74, 6) is 0.662. The zero-order valence-corrected chi connectivity index (χ0v) is 9.96. The van der Waals surface area contributed by atoms with Crippen LogP contribution < -0.4 is 0 Å². The zero-order valence-electron chi connectivity index (χ0n) is 9.14. The molecule has 4 heteroatoms. The van der Waals surface area contributed by atoms with Crippen molar-refractivity contribution in [2.24, 2.45) is 0 Å². The second-order valence-electron chi connectivity index (χ2n) is 4.28. The van der Waals surface area contributed by atoms with Crippen LogP contribution in [0.5, 0.6) is 0 Å². The predicted molar refractivity (Wildman–Crippen MR) is 62.5 cm³/mol. The SMILES string of the molecule is CC(=O)c1ccc(C2CCS(=O)(=O)C2)cc1. The van der Waals surface area contributed by atoms with Gasteiger partial charge in [0.1, 0.15) is 0 Å². The van der Waals surface area contributed by atoms with Crippen LogP contribution in [0.4, 0.5) is 0 Å². The number of rotatable bonds is 2. The number of benzene rings is 1. The highest BCUT2D eigenvalue weighted by molar-refractivity contribution is 7.91. The summed E-state index contributed by atoms with van der Waals surface area (Å²) in [6, 6.07) is 7.26. The van der Waals surface area contributed by atoms with Crippen LogP contribution in [0.2, 0.25) is 0 Å². The Morgan fingerprint density at radius 2 is 1.88 bits per heavy atom. The minimum atomic E-state index is -2.84. The number of sulfone groups is 1. The Morgan fingerprint density at radius 3 is 2.31 bits per heavy atom. The molecule has 3 nitrogen and oxygen atoms in total. The fourth-order valence-electron chi connectivity index (χ4n) is 2.05. The zero-order chi connectivity index (χ0) is 11.8. The third-order valence-electron chi connectivity index (χ3n) is 3.02. The Bertz CT molecular complexity index is 500. The van der Waals surface area contributed by atoms with Crippen molar-refractivity contribution >= 4 is 15.6 Å². The number of carbonyl (C=O) groups is 1. The molecule has 1 saturated heterocycles. The van der Waals surface area contributed by atoms with E-state index >= 15 is 0 Å². The fourth-order valence-corrected chi connectivity index (χ4v) is 3.83. The van der Waals surface area contributed by atoms with E-state index in [9.17, 15) is 13.2 Å². The van der Waals surface area contributed by atoms with E-state index < -0.39 is 9.84 Å². The molecule has 2 rings (SSSR count). The molecule has 0 bridgehead atoms. The Kier molecular flexibility index (Phi) is 2.84. The first-order valence-corrected chi connectivity index (χ1v) is 7.11. The summed E-state index contributed by atoms with van der Waals surface area (Å²) >= 11 is 0. The molecule has 0 N–H and O–H groups in total. The molecule has 1 aliphatic rings. The van der Waals surface area contributed by atoms with Gasteiger partial charge in [-0.2, -0.15) is 0 Å². The number of hydrogen-bond acceptors (Lipinski definition) is 3. The molecule has 1 unspecified atom stereocenters. The van der Waals surface area contributed by atoms with Crippen molar-refractivity contribution in [2.75, 3.05) is 11.5 Å². The van der Waals surface area contributed by atoms with E-state index in [1.807, 2.05) is 12.1 Å². The Balaban J connectivity index is 2.20. The summed E-state index contributed by atoms with van der Waals surface area (Å²) < 4.78 is 22.7. The molecule has 1 atom stereocenters. The molecule has 86 valence electrons. The highest BCUT2D eigenvalue weighted by atomic mass is 32.2. The van der Waals surface area contributed by atoms with Gasteiger partial charge in [0, 0.05) is 5.56 Å². The third-order valence-corrected chi connectivity index (χ3v) is 4.79. The summed E-state index contributed by atoms with van der Waals surface area (Å²) in [6.07, 6.45) is 0.696. The lowest BCUT2D eigenvalue weighted by Crippen LogP contribution is -2.04. The molecule has 0 aliphatic carbocycles. The molecule has 1 heterocycles. The highest BCUT2D eigenvalue weighted by Crippen LogP contribution is 2.28. The van der Waals surface area contributed by atoms with Gasteiger partial charge in [-0.3, -0.25) is 4.79 Å². The van der Waals surface area contributed by atoms with Crippen molar-refractivity contribution in [1.29, 1.82) is 0 Å². The van der Waals surface area contributed by atoms with Crippen molar-refractivity contribution < 1.29 is 13.2 Å². The monoisotopic (exact) mass is 238 g/mol. The molecule has 0 aromatic heterocycles. The van der Waals surface area contributed by atoms with Crippen molar-refractivity contribution in [1.82, 2.24) is 0 Å². The van der Waals surface area contributed by atoms with E-state index in [0.717, 1.165) is 5.56 Å². The van der Waals surface area contributed by atoms with Crippen molar-refractivity contribution in [3.8, 4) is 0 Å². The van der Waals surface area contributed by atoms with Crippen LogP contribution in [-0.4, -0.2) is 25.7 Å². The van der Waals surface area contributed by atoms with Crippen molar-refractivity contribution in [3.63, 3.8) is 0 Å². The molecular formula is C12H14O3S. The molecular weight excluding hydrogens is 224 g/mol. The lowest BCUT2D eigenvalue weighted by Gasteiger charge is -2.08. The van der Waals surface area contributed by atoms with Gasteiger partial charge in [0.15, 0.2) is 15.6 Å². The number of hydrogen-bond donors (Lipinski definition) is 0. The highest BCUT2D eigenvalue weighted by Gasteiger charge is 2.28. The molecule has 1 aromatic carbocycles. The van der Waals surface area contributed by atoms with E-state index in [4.69, 9.17) is 0 Å². The minimum absolute atomic E-state index is 0.0330. The van der Waals surface area contributed by atoms with Gasteiger partial charge in [-0.15, -0.1) is 0 Å². The molecule has 16 heavy (non-hydrogen) atoms. The maximum absolute atomic E-state index is 11.3. The maximum atomic E-state index is 11.3. The average Bonchev–Trinajstić information content (AvgIpc) is 2.59. The van der Waals surface area contributed by atoms with Gasteiger partial charge in [-0.25, -0.2) is 8.42 Å². The predicted octanol–water partition coefficient (Wildman–Crippen LogP) is 1.79. The smallest absolute Gasteiger partial charge is 0.159 e. The van der Waals surface area contributed by atoms with Crippen LogP contribution in [0.15, 0.2) is 24.3 Å². The van der Waals surface area contributed by atoms with E-state index in [2.05, 4.69) is 0 Å². The van der Waals surface area contributed by atoms with Gasteiger partial charge in [0.2, 0.25) is 0 Å². The molecule has 1 aromatic rings. The standard InChI is InChI=1S/C12H14O3S/c1-9(13)10-2-4-11(5-3-10)12-6-7-16(14,15)8-12/h2-5,12H,6-8H2,1H3. The lowest BCUT2D eigenvalue weighted by atomic mass is 9.97. The minimum Gasteiger partial charge on any atom is -0.295 e. The average molecular weight is 238 g/mol. The van der Waals surface area contributed by atoms with Crippen LogP contribution in [0.3, 0.4) is 0 Å². The van der Waals surface area contributed by atoms with Crippen LogP contribution in [0, 0.1) is 0 Å². The first-order chi connectivity index (χ1) is 7.48. The molecule has 1 aliphatic heterocycles. The second kappa shape index (κ2) is 4.01. The number of carbonyl (C=O) groups excluding carboxylic acids is 1. The number of ketones is 1. The third kappa shape index (κ3) is 2.32. The number of Topliss-reactive ketones (excluding diaryl/α,β-unsaturated/α-hetero) is 1. The fraction of sp³-hybridized carbons (Fsp3) is 0.417. The Morgan fingerprint density at radius 1 is 1.25 bits per heavy atom. The van der Waals surface area contributed by atoms with Crippen molar-refractivity contribution in [3.05, 3.63) is 35.4 Å². The quantitative estimate of drug-likeness (QED) is 0.738. The van der Waals surface area contributed by atoms with E-state index in [0.29, 0.717) is 12.0 Å². The molecule has 1 fully saturated rings. The van der Waals surface area contributed by atoms with Gasteiger partial charge >= 0.3 is 0 Å². The van der Waals surface area contributed by atoms with E-state index in [1.54, 1.807) is 12.1 Å². The Labute approximate surface area is 95.4 Å². The summed E-state index contributed by atoms with van der Waals surface area (Å²) in [5.41, 5.74) is 1.69. The largest absolute Gasteiger partial charge is 0.295 e. The van der Waals surface area contributed by atoms with E-state index in [-0.39, 0.29) is 23.2 Å². The Hall–Kier alpha value is -1.16. The molecule has 0 saturated carbocycles. The van der Waals surface area contributed by atoms with Gasteiger partial charge in [0.05, 0.1) is 11.5 Å². The molecule has 0 radical (unpaired) electrons. The second-order valence-corrected chi connectivity index (χ2v) is 6.51. The lowest BCUT2D eigenvalue weighted by molar-refractivity contribution is 0.101. The van der Waals surface area contributed by atoms with Crippen LogP contribution in [-0.2, 0) is 9.84 Å². The van der Waals surface area contributed by atoms with Gasteiger partial charge in [-0.05, 0) is 24.8 Å². The molecule has 0 spiro atoms. The summed E-state index contributed by atoms with van der Waals surface area (Å²) in [5, 5.41) is 0. The topological polar surface area (TPSA) is 51.2 Å². The maximum Gasteiger partial charge on any atom is 0.159 e. The van der Waals surface area contributed by atoms with Crippen LogP contribution >= 0.6 is 0 Å². The summed E-state index contributed by atoms with van der Waals surface area (Å²) in [4.78, 5) is 11.1. The normalized spacial score (nSPS) is 23.2. The van der Waals surface area contributed by atoms with Gasteiger partial charge in [-0.1, -0.05) is 24.3 Å². The van der Waals surface area contributed by atoms with Gasteiger partial charge < -0.3 is 0 Å². The summed E-state index contributed by atoms with van der Waals surface area (Å²) in [7, 11) is -2.84. The first-order valence-electron chi connectivity index (χ1n) is 5.29.